The van der Waals surface area contributed by atoms with E-state index in [9.17, 15) is 4.79 Å². The van der Waals surface area contributed by atoms with E-state index in [0.717, 1.165) is 55.9 Å². The van der Waals surface area contributed by atoms with E-state index in [-0.39, 0.29) is 6.54 Å². The summed E-state index contributed by atoms with van der Waals surface area (Å²) in [7, 11) is 1.65. The van der Waals surface area contributed by atoms with Crippen molar-refractivity contribution >= 4 is 22.7 Å². The Morgan fingerprint density at radius 2 is 1.75 bits per heavy atom. The Morgan fingerprint density at radius 1 is 0.972 bits per heavy atom. The number of hydrogen-bond donors (Lipinski definition) is 0. The normalized spacial score (nSPS) is 11.4. The first-order valence-electron chi connectivity index (χ1n) is 12.0. The van der Waals surface area contributed by atoms with Crippen LogP contribution in [0.1, 0.15) is 43.2 Å². The van der Waals surface area contributed by atoms with Crippen molar-refractivity contribution in [3.05, 3.63) is 83.3 Å². The quantitative estimate of drug-likeness (QED) is 0.301. The van der Waals surface area contributed by atoms with Gasteiger partial charge in [0, 0.05) is 34.6 Å². The van der Waals surface area contributed by atoms with Gasteiger partial charge in [0.25, 0.3) is 0 Å². The highest BCUT2D eigenvalue weighted by molar-refractivity contribution is 5.90. The van der Waals surface area contributed by atoms with Crippen molar-refractivity contribution in [1.29, 1.82) is 0 Å². The average molecular weight is 484 g/mol. The van der Waals surface area contributed by atoms with E-state index in [2.05, 4.69) is 34.2 Å². The van der Waals surface area contributed by atoms with Crippen LogP contribution in [0.25, 0.3) is 22.0 Å². The minimum Gasteiger partial charge on any atom is -0.496 e. The lowest BCUT2D eigenvalue weighted by Crippen LogP contribution is -2.37. The maximum absolute atomic E-state index is 13.5. The van der Waals surface area contributed by atoms with Crippen molar-refractivity contribution in [3.63, 3.8) is 0 Å². The number of fused-ring (bicyclic) bond motifs is 1. The van der Waals surface area contributed by atoms with Crippen LogP contribution < -0.4 is 9.64 Å². The molecule has 0 spiro atoms. The summed E-state index contributed by atoms with van der Waals surface area (Å²) in [5.41, 5.74) is 6.75. The minimum atomic E-state index is -0.638. The summed E-state index contributed by atoms with van der Waals surface area (Å²) in [5.74, 6) is 0.777. The lowest BCUT2D eigenvalue weighted by molar-refractivity contribution is 0.0577. The second-order valence-electron chi connectivity index (χ2n) is 10.1. The lowest BCUT2D eigenvalue weighted by Gasteiger charge is -2.28. The highest BCUT2D eigenvalue weighted by Gasteiger charge is 2.26. The zero-order chi connectivity index (χ0) is 26.0. The number of amides is 1. The smallest absolute Gasteiger partial charge is 0.415 e. The standard InChI is InChI=1S/C30H33N3O3/c1-19-13-24(22-10-11-26-23(15-22)9-8-12-31-26)16-25(14-19)33(29(34)36-30(4,5)6)18-27-21(3)28(35-7)20(2)17-32-27/h8-17H,18H2,1-7H3. The molecular weight excluding hydrogens is 450 g/mol. The molecule has 36 heavy (non-hydrogen) atoms. The molecule has 2 heterocycles. The van der Waals surface area contributed by atoms with Gasteiger partial charge in [0.05, 0.1) is 24.9 Å². The molecule has 1 amide bonds. The number of nitrogens with zero attached hydrogens (tertiary/aromatic N) is 3. The van der Waals surface area contributed by atoms with E-state index < -0.39 is 11.7 Å². The van der Waals surface area contributed by atoms with Gasteiger partial charge in [0.15, 0.2) is 0 Å². The first-order valence-corrected chi connectivity index (χ1v) is 12.0. The average Bonchev–Trinajstić information content (AvgIpc) is 2.82. The molecule has 0 bridgehead atoms. The molecule has 0 radical (unpaired) electrons. The van der Waals surface area contributed by atoms with Crippen LogP contribution in [0.3, 0.4) is 0 Å². The van der Waals surface area contributed by atoms with Gasteiger partial charge in [-0.15, -0.1) is 0 Å². The Balaban J connectivity index is 1.80. The number of aryl methyl sites for hydroxylation is 2. The summed E-state index contributed by atoms with van der Waals surface area (Å²) in [6.45, 7) is 11.8. The molecule has 0 aliphatic carbocycles. The molecule has 4 aromatic rings. The molecule has 0 saturated heterocycles. The number of anilines is 1. The Labute approximate surface area is 212 Å². The molecular formula is C30H33N3O3. The van der Waals surface area contributed by atoms with E-state index in [0.29, 0.717) is 0 Å². The largest absolute Gasteiger partial charge is 0.496 e. The van der Waals surface area contributed by atoms with Crippen LogP contribution >= 0.6 is 0 Å². The predicted octanol–water partition coefficient (Wildman–Crippen LogP) is 7.17. The number of rotatable bonds is 5. The Bertz CT molecular complexity index is 1420. The van der Waals surface area contributed by atoms with E-state index >= 15 is 0 Å². The molecule has 0 fully saturated rings. The van der Waals surface area contributed by atoms with Gasteiger partial charge in [0.2, 0.25) is 0 Å². The zero-order valence-electron chi connectivity index (χ0n) is 22.0. The molecule has 0 saturated carbocycles. The molecule has 0 unspecified atom stereocenters. The third-order valence-corrected chi connectivity index (χ3v) is 5.98. The van der Waals surface area contributed by atoms with E-state index in [4.69, 9.17) is 9.47 Å². The number of carbonyl (C=O) groups is 1. The van der Waals surface area contributed by atoms with Crippen LogP contribution in [-0.2, 0) is 11.3 Å². The number of ether oxygens (including phenoxy) is 2. The van der Waals surface area contributed by atoms with E-state index in [1.54, 1.807) is 24.4 Å². The van der Waals surface area contributed by atoms with Crippen molar-refractivity contribution in [2.24, 2.45) is 0 Å². The van der Waals surface area contributed by atoms with Gasteiger partial charge in [-0.2, -0.15) is 0 Å². The lowest BCUT2D eigenvalue weighted by atomic mass is 10.00. The third kappa shape index (κ3) is 5.48. The first-order chi connectivity index (χ1) is 17.1. The number of carbonyl (C=O) groups excluding carboxylic acids is 1. The minimum absolute atomic E-state index is 0.252. The Morgan fingerprint density at radius 3 is 2.47 bits per heavy atom. The number of methoxy groups -OCH3 is 1. The number of hydrogen-bond acceptors (Lipinski definition) is 5. The molecule has 0 atom stereocenters. The monoisotopic (exact) mass is 483 g/mol. The fourth-order valence-electron chi connectivity index (χ4n) is 4.30. The van der Waals surface area contributed by atoms with Gasteiger partial charge in [-0.1, -0.05) is 18.2 Å². The van der Waals surface area contributed by atoms with E-state index in [1.807, 2.05) is 65.8 Å². The summed E-state index contributed by atoms with van der Waals surface area (Å²) < 4.78 is 11.4. The molecule has 0 aliphatic heterocycles. The van der Waals surface area contributed by atoms with Gasteiger partial charge >= 0.3 is 6.09 Å². The third-order valence-electron chi connectivity index (χ3n) is 5.98. The van der Waals surface area contributed by atoms with E-state index in [1.165, 1.54) is 0 Å². The molecule has 0 N–H and O–H groups in total. The molecule has 4 rings (SSSR count). The van der Waals surface area contributed by atoms with Gasteiger partial charge in [-0.3, -0.25) is 14.9 Å². The summed E-state index contributed by atoms with van der Waals surface area (Å²) in [6, 6.07) is 16.3. The summed E-state index contributed by atoms with van der Waals surface area (Å²) in [4.78, 5) is 24.2. The SMILES string of the molecule is COc1c(C)cnc(CN(C(=O)OC(C)(C)C)c2cc(C)cc(-c3ccc4ncccc4c3)c2)c1C. The molecule has 2 aromatic carbocycles. The van der Waals surface area contributed by atoms with Crippen LogP contribution in [0.5, 0.6) is 5.75 Å². The second-order valence-corrected chi connectivity index (χ2v) is 10.1. The van der Waals surface area contributed by atoms with Crippen molar-refractivity contribution in [1.82, 2.24) is 9.97 Å². The van der Waals surface area contributed by atoms with Gasteiger partial charge in [0.1, 0.15) is 11.4 Å². The predicted molar refractivity (Wildman–Crippen MR) is 145 cm³/mol. The fourth-order valence-corrected chi connectivity index (χ4v) is 4.30. The number of benzene rings is 2. The summed E-state index contributed by atoms with van der Waals surface area (Å²) in [6.07, 6.45) is 3.14. The zero-order valence-corrected chi connectivity index (χ0v) is 22.0. The van der Waals surface area contributed by atoms with Crippen molar-refractivity contribution in [2.75, 3.05) is 12.0 Å². The maximum Gasteiger partial charge on any atom is 0.415 e. The van der Waals surface area contributed by atoms with Gasteiger partial charge < -0.3 is 9.47 Å². The highest BCUT2D eigenvalue weighted by atomic mass is 16.6. The fraction of sp³-hybridized carbons (Fsp3) is 0.300. The van der Waals surface area contributed by atoms with Crippen LogP contribution in [0.15, 0.2) is 60.9 Å². The van der Waals surface area contributed by atoms with Crippen molar-refractivity contribution in [2.45, 2.75) is 53.7 Å². The summed E-state index contributed by atoms with van der Waals surface area (Å²) >= 11 is 0. The van der Waals surface area contributed by atoms with Crippen LogP contribution in [0.2, 0.25) is 0 Å². The van der Waals surface area contributed by atoms with Gasteiger partial charge in [-0.05, 0) is 88.6 Å². The molecule has 186 valence electrons. The Hall–Kier alpha value is -3.93. The van der Waals surface area contributed by atoms with Crippen LogP contribution in [-0.4, -0.2) is 28.8 Å². The van der Waals surface area contributed by atoms with Crippen LogP contribution in [0, 0.1) is 20.8 Å². The first kappa shape index (κ1) is 25.2. The number of aromatic nitrogens is 2. The van der Waals surface area contributed by atoms with Crippen molar-refractivity contribution in [3.8, 4) is 16.9 Å². The topological polar surface area (TPSA) is 64.5 Å². The summed E-state index contributed by atoms with van der Waals surface area (Å²) in [5, 5.41) is 1.06. The van der Waals surface area contributed by atoms with Crippen LogP contribution in [0.4, 0.5) is 10.5 Å². The molecule has 2 aromatic heterocycles. The highest BCUT2D eigenvalue weighted by Crippen LogP contribution is 2.32. The molecule has 6 heteroatoms. The van der Waals surface area contributed by atoms with Gasteiger partial charge in [-0.25, -0.2) is 4.79 Å². The number of pyridine rings is 2. The second kappa shape index (κ2) is 9.97. The maximum atomic E-state index is 13.5. The molecule has 6 nitrogen and oxygen atoms in total. The molecule has 0 aliphatic rings. The Kier molecular flexibility index (Phi) is 6.97. The van der Waals surface area contributed by atoms with Crippen molar-refractivity contribution < 1.29 is 14.3 Å².